The first kappa shape index (κ1) is 12.9. The Kier molecular flexibility index (Phi) is 3.84. The van der Waals surface area contributed by atoms with Gasteiger partial charge in [0.15, 0.2) is 0 Å². The van der Waals surface area contributed by atoms with E-state index >= 15 is 0 Å². The molecule has 0 aromatic carbocycles. The van der Waals surface area contributed by atoms with Crippen molar-refractivity contribution in [3.05, 3.63) is 34.2 Å². The lowest BCUT2D eigenvalue weighted by atomic mass is 10.1. The molecule has 1 amide bonds. The highest BCUT2D eigenvalue weighted by Crippen LogP contribution is 2.28. The van der Waals surface area contributed by atoms with Crippen LogP contribution in [0.5, 0.6) is 0 Å². The van der Waals surface area contributed by atoms with Gasteiger partial charge in [0.2, 0.25) is 5.56 Å². The van der Waals surface area contributed by atoms with E-state index in [1.165, 1.54) is 12.3 Å². The molecule has 0 spiro atoms. The first-order valence-electron chi connectivity index (χ1n) is 6.57. The van der Waals surface area contributed by atoms with Crippen molar-refractivity contribution >= 4 is 5.91 Å². The summed E-state index contributed by atoms with van der Waals surface area (Å²) in [7, 11) is 0. The molecule has 1 saturated carbocycles. The van der Waals surface area contributed by atoms with Gasteiger partial charge in [0.1, 0.15) is 0 Å². The van der Waals surface area contributed by atoms with Crippen LogP contribution in [0.2, 0.25) is 0 Å². The number of carbonyl (C=O) groups excluding carboxylic acids is 1. The zero-order valence-electron chi connectivity index (χ0n) is 11.0. The molecule has 4 heteroatoms. The molecule has 1 aromatic rings. The van der Waals surface area contributed by atoms with Gasteiger partial charge in [0, 0.05) is 30.4 Å². The number of rotatable bonds is 5. The van der Waals surface area contributed by atoms with Gasteiger partial charge in [-0.3, -0.25) is 9.59 Å². The number of nitrogens with zero attached hydrogens (tertiary/aromatic N) is 1. The maximum Gasteiger partial charge on any atom is 0.254 e. The summed E-state index contributed by atoms with van der Waals surface area (Å²) in [5, 5.41) is 0. The molecule has 1 aliphatic rings. The van der Waals surface area contributed by atoms with Crippen LogP contribution < -0.4 is 5.56 Å². The number of H-pyrrole nitrogens is 1. The van der Waals surface area contributed by atoms with Crippen molar-refractivity contribution in [1.29, 1.82) is 0 Å². The van der Waals surface area contributed by atoms with E-state index in [1.807, 2.05) is 4.90 Å². The summed E-state index contributed by atoms with van der Waals surface area (Å²) in [5.41, 5.74) is 0.273. The summed E-state index contributed by atoms with van der Waals surface area (Å²) in [5.74, 6) is 0.572. The summed E-state index contributed by atoms with van der Waals surface area (Å²) in [4.78, 5) is 28.1. The SMILES string of the molecule is CC(C)CCN(C(=O)c1cc[nH]c(=O)c1)C1CC1. The van der Waals surface area contributed by atoms with Crippen LogP contribution in [-0.4, -0.2) is 28.4 Å². The molecule has 1 fully saturated rings. The predicted octanol–water partition coefficient (Wildman–Crippen LogP) is 2.03. The lowest BCUT2D eigenvalue weighted by Gasteiger charge is -2.23. The Labute approximate surface area is 107 Å². The molecule has 2 rings (SSSR count). The van der Waals surface area contributed by atoms with E-state index in [4.69, 9.17) is 0 Å². The minimum atomic E-state index is -0.222. The molecule has 0 atom stereocenters. The fourth-order valence-corrected chi connectivity index (χ4v) is 1.98. The van der Waals surface area contributed by atoms with E-state index in [2.05, 4.69) is 18.8 Å². The third-order valence-electron chi connectivity index (χ3n) is 3.22. The molecule has 1 N–H and O–H groups in total. The van der Waals surface area contributed by atoms with E-state index in [0.717, 1.165) is 25.8 Å². The molecule has 0 unspecified atom stereocenters. The Hall–Kier alpha value is -1.58. The maximum absolute atomic E-state index is 12.4. The number of carbonyl (C=O) groups is 1. The third-order valence-corrected chi connectivity index (χ3v) is 3.22. The van der Waals surface area contributed by atoms with Crippen molar-refractivity contribution in [2.24, 2.45) is 5.92 Å². The quantitative estimate of drug-likeness (QED) is 0.866. The smallest absolute Gasteiger partial charge is 0.254 e. The van der Waals surface area contributed by atoms with Gasteiger partial charge in [-0.1, -0.05) is 13.8 Å². The van der Waals surface area contributed by atoms with E-state index in [0.29, 0.717) is 17.5 Å². The molecule has 1 heterocycles. The lowest BCUT2D eigenvalue weighted by molar-refractivity contribution is 0.0735. The zero-order valence-corrected chi connectivity index (χ0v) is 11.0. The number of hydrogen-bond acceptors (Lipinski definition) is 2. The van der Waals surface area contributed by atoms with E-state index < -0.39 is 0 Å². The van der Waals surface area contributed by atoms with Crippen molar-refractivity contribution in [2.45, 2.75) is 39.2 Å². The summed E-state index contributed by atoms with van der Waals surface area (Å²) >= 11 is 0. The van der Waals surface area contributed by atoms with Crippen LogP contribution in [0.15, 0.2) is 23.1 Å². The van der Waals surface area contributed by atoms with E-state index in [9.17, 15) is 9.59 Å². The molecule has 0 aliphatic heterocycles. The topological polar surface area (TPSA) is 53.2 Å². The van der Waals surface area contributed by atoms with Crippen molar-refractivity contribution in [3.63, 3.8) is 0 Å². The summed E-state index contributed by atoms with van der Waals surface area (Å²) in [6.07, 6.45) is 4.72. The van der Waals surface area contributed by atoms with Crippen LogP contribution in [0, 0.1) is 5.92 Å². The molecule has 0 bridgehead atoms. The van der Waals surface area contributed by atoms with Crippen molar-refractivity contribution in [3.8, 4) is 0 Å². The second kappa shape index (κ2) is 5.38. The first-order chi connectivity index (χ1) is 8.58. The van der Waals surface area contributed by atoms with Gasteiger partial charge in [0.05, 0.1) is 0 Å². The number of hydrogen-bond donors (Lipinski definition) is 1. The number of pyridine rings is 1. The summed E-state index contributed by atoms with van der Waals surface area (Å²) in [6.45, 7) is 5.10. The van der Waals surface area contributed by atoms with Gasteiger partial charge in [-0.25, -0.2) is 0 Å². The Morgan fingerprint density at radius 1 is 1.50 bits per heavy atom. The number of amides is 1. The fourth-order valence-electron chi connectivity index (χ4n) is 1.98. The lowest BCUT2D eigenvalue weighted by Crippen LogP contribution is -2.35. The average molecular weight is 248 g/mol. The Morgan fingerprint density at radius 3 is 2.78 bits per heavy atom. The Morgan fingerprint density at radius 2 is 2.22 bits per heavy atom. The zero-order chi connectivity index (χ0) is 13.1. The van der Waals surface area contributed by atoms with Gasteiger partial charge in [-0.2, -0.15) is 0 Å². The average Bonchev–Trinajstić information content (AvgIpc) is 3.13. The minimum absolute atomic E-state index is 0.00995. The van der Waals surface area contributed by atoms with Gasteiger partial charge in [-0.05, 0) is 31.2 Å². The van der Waals surface area contributed by atoms with Crippen LogP contribution >= 0.6 is 0 Å². The van der Waals surface area contributed by atoms with Crippen molar-refractivity contribution < 1.29 is 4.79 Å². The number of aromatic nitrogens is 1. The van der Waals surface area contributed by atoms with Crippen molar-refractivity contribution in [2.75, 3.05) is 6.54 Å². The number of nitrogens with one attached hydrogen (secondary N) is 1. The number of aromatic amines is 1. The maximum atomic E-state index is 12.4. The molecule has 18 heavy (non-hydrogen) atoms. The fraction of sp³-hybridized carbons (Fsp3) is 0.571. The Balaban J connectivity index is 2.10. The van der Waals surface area contributed by atoms with Crippen LogP contribution in [-0.2, 0) is 0 Å². The van der Waals surface area contributed by atoms with Crippen LogP contribution in [0.25, 0.3) is 0 Å². The normalized spacial score (nSPS) is 14.8. The molecular formula is C14H20N2O2. The Bertz CT molecular complexity index is 475. The van der Waals surface area contributed by atoms with Crippen LogP contribution in [0.1, 0.15) is 43.5 Å². The first-order valence-corrected chi connectivity index (χ1v) is 6.57. The largest absolute Gasteiger partial charge is 0.336 e. The monoisotopic (exact) mass is 248 g/mol. The van der Waals surface area contributed by atoms with Gasteiger partial charge >= 0.3 is 0 Å². The second-order valence-corrected chi connectivity index (χ2v) is 5.35. The van der Waals surface area contributed by atoms with Crippen LogP contribution in [0.4, 0.5) is 0 Å². The standard InChI is InChI=1S/C14H20N2O2/c1-10(2)6-8-16(12-3-4-12)14(18)11-5-7-15-13(17)9-11/h5,7,9-10,12H,3-4,6,8H2,1-2H3,(H,15,17). The molecule has 0 radical (unpaired) electrons. The molecule has 1 aliphatic carbocycles. The molecular weight excluding hydrogens is 228 g/mol. The van der Waals surface area contributed by atoms with Gasteiger partial charge in [0.25, 0.3) is 5.91 Å². The highest BCUT2D eigenvalue weighted by Gasteiger charge is 2.32. The molecule has 0 saturated heterocycles. The third kappa shape index (κ3) is 3.22. The highest BCUT2D eigenvalue weighted by atomic mass is 16.2. The van der Waals surface area contributed by atoms with Crippen LogP contribution in [0.3, 0.4) is 0 Å². The molecule has 4 nitrogen and oxygen atoms in total. The highest BCUT2D eigenvalue weighted by molar-refractivity contribution is 5.94. The van der Waals surface area contributed by atoms with E-state index in [1.54, 1.807) is 6.07 Å². The molecule has 1 aromatic heterocycles. The molecule has 98 valence electrons. The predicted molar refractivity (Wildman–Crippen MR) is 70.6 cm³/mol. The van der Waals surface area contributed by atoms with Gasteiger partial charge in [-0.15, -0.1) is 0 Å². The van der Waals surface area contributed by atoms with E-state index in [-0.39, 0.29) is 11.5 Å². The summed E-state index contributed by atoms with van der Waals surface area (Å²) in [6, 6.07) is 3.44. The second-order valence-electron chi connectivity index (χ2n) is 5.35. The minimum Gasteiger partial charge on any atom is -0.336 e. The van der Waals surface area contributed by atoms with Crippen molar-refractivity contribution in [1.82, 2.24) is 9.88 Å². The van der Waals surface area contributed by atoms with Gasteiger partial charge < -0.3 is 9.88 Å². The summed E-state index contributed by atoms with van der Waals surface area (Å²) < 4.78 is 0.